The van der Waals surface area contributed by atoms with Crippen LogP contribution in [-0.4, -0.2) is 34.3 Å². The molecule has 0 spiro atoms. The topological polar surface area (TPSA) is 120 Å². The van der Waals surface area contributed by atoms with Crippen molar-refractivity contribution in [2.75, 3.05) is 5.32 Å². The number of nitrogens with zero attached hydrogens (tertiary/aromatic N) is 3. The zero-order valence-corrected chi connectivity index (χ0v) is 18.6. The lowest BCUT2D eigenvalue weighted by molar-refractivity contribution is -0.115. The van der Waals surface area contributed by atoms with Crippen molar-refractivity contribution in [3.63, 3.8) is 0 Å². The highest BCUT2D eigenvalue weighted by molar-refractivity contribution is 8.00. The maximum atomic E-state index is 12.6. The molecule has 3 aromatic rings. The Morgan fingerprint density at radius 1 is 1.17 bits per heavy atom. The van der Waals surface area contributed by atoms with Gasteiger partial charge in [0, 0.05) is 22.8 Å². The molecule has 0 bridgehead atoms. The SMILES string of the molecule is CCn1c(SC(C)C(=O)Nc2ccc(S(N)(=O)=O)cc2)nnc1-c1ccc(Cl)cc1. The van der Waals surface area contributed by atoms with Gasteiger partial charge in [0.15, 0.2) is 11.0 Å². The van der Waals surface area contributed by atoms with E-state index in [4.69, 9.17) is 16.7 Å². The number of benzene rings is 2. The van der Waals surface area contributed by atoms with Crippen LogP contribution < -0.4 is 10.5 Å². The number of sulfonamides is 1. The van der Waals surface area contributed by atoms with Crippen LogP contribution in [0.25, 0.3) is 11.4 Å². The highest BCUT2D eigenvalue weighted by Crippen LogP contribution is 2.28. The monoisotopic (exact) mass is 465 g/mol. The van der Waals surface area contributed by atoms with Crippen LogP contribution in [-0.2, 0) is 21.4 Å². The Hall–Kier alpha value is -2.40. The molecule has 1 heterocycles. The molecule has 0 aliphatic heterocycles. The molecule has 1 atom stereocenters. The predicted octanol–water partition coefficient (Wildman–Crippen LogP) is 3.39. The molecule has 2 aromatic carbocycles. The number of anilines is 1. The third-order valence-electron chi connectivity index (χ3n) is 4.24. The lowest BCUT2D eigenvalue weighted by Crippen LogP contribution is -2.23. The molecule has 1 amide bonds. The van der Waals surface area contributed by atoms with Crippen LogP contribution >= 0.6 is 23.4 Å². The van der Waals surface area contributed by atoms with Gasteiger partial charge in [-0.05, 0) is 62.4 Å². The van der Waals surface area contributed by atoms with E-state index < -0.39 is 15.3 Å². The standard InChI is InChI=1S/C19H20ClN5O3S2/c1-3-25-17(13-4-6-14(20)7-5-13)23-24-19(25)29-12(2)18(26)22-15-8-10-16(11-9-15)30(21,27)28/h4-12H,3H2,1-2H3,(H,22,26)(H2,21,27,28). The molecule has 0 aliphatic rings. The van der Waals surface area contributed by atoms with Crippen LogP contribution in [0.3, 0.4) is 0 Å². The fourth-order valence-corrected chi connectivity index (χ4v) is 4.21. The third kappa shape index (κ3) is 5.20. The van der Waals surface area contributed by atoms with Crippen LogP contribution in [0.15, 0.2) is 58.6 Å². The summed E-state index contributed by atoms with van der Waals surface area (Å²) in [6.45, 7) is 4.37. The maximum absolute atomic E-state index is 12.6. The van der Waals surface area contributed by atoms with Crippen molar-refractivity contribution < 1.29 is 13.2 Å². The van der Waals surface area contributed by atoms with Gasteiger partial charge in [-0.3, -0.25) is 4.79 Å². The first kappa shape index (κ1) is 22.3. The van der Waals surface area contributed by atoms with E-state index in [9.17, 15) is 13.2 Å². The molecule has 0 saturated carbocycles. The summed E-state index contributed by atoms with van der Waals surface area (Å²) in [4.78, 5) is 12.5. The first-order valence-corrected chi connectivity index (χ1v) is 11.8. The van der Waals surface area contributed by atoms with Crippen molar-refractivity contribution in [3.8, 4) is 11.4 Å². The van der Waals surface area contributed by atoms with Crippen LogP contribution in [0.2, 0.25) is 5.02 Å². The van der Waals surface area contributed by atoms with E-state index >= 15 is 0 Å². The molecule has 0 radical (unpaired) electrons. The number of rotatable bonds is 7. The number of hydrogen-bond acceptors (Lipinski definition) is 6. The number of primary sulfonamides is 1. The zero-order valence-electron chi connectivity index (χ0n) is 16.2. The van der Waals surface area contributed by atoms with Gasteiger partial charge >= 0.3 is 0 Å². The van der Waals surface area contributed by atoms with Gasteiger partial charge in [0.2, 0.25) is 15.9 Å². The van der Waals surface area contributed by atoms with E-state index in [0.717, 1.165) is 5.56 Å². The van der Waals surface area contributed by atoms with Crippen LogP contribution in [0, 0.1) is 0 Å². The number of carbonyl (C=O) groups excluding carboxylic acids is 1. The van der Waals surface area contributed by atoms with Crippen molar-refractivity contribution in [1.82, 2.24) is 14.8 Å². The van der Waals surface area contributed by atoms with Crippen molar-refractivity contribution in [1.29, 1.82) is 0 Å². The Balaban J connectivity index is 1.71. The normalized spacial score (nSPS) is 12.5. The lowest BCUT2D eigenvalue weighted by atomic mass is 10.2. The summed E-state index contributed by atoms with van der Waals surface area (Å²) in [7, 11) is -3.78. The number of aromatic nitrogens is 3. The summed E-state index contributed by atoms with van der Waals surface area (Å²) in [5, 5.41) is 17.1. The number of nitrogens with one attached hydrogen (secondary N) is 1. The molecule has 158 valence electrons. The Kier molecular flexibility index (Phi) is 6.81. The molecule has 8 nitrogen and oxygen atoms in total. The minimum atomic E-state index is -3.78. The van der Waals surface area contributed by atoms with Crippen molar-refractivity contribution in [2.45, 2.75) is 35.7 Å². The van der Waals surface area contributed by atoms with Crippen LogP contribution in [0.4, 0.5) is 5.69 Å². The second kappa shape index (κ2) is 9.17. The highest BCUT2D eigenvalue weighted by Gasteiger charge is 2.20. The molecule has 0 aliphatic carbocycles. The number of nitrogens with two attached hydrogens (primary N) is 1. The van der Waals surface area contributed by atoms with E-state index in [2.05, 4.69) is 15.5 Å². The van der Waals surface area contributed by atoms with Gasteiger partial charge in [-0.1, -0.05) is 23.4 Å². The van der Waals surface area contributed by atoms with Gasteiger partial charge in [-0.15, -0.1) is 10.2 Å². The summed E-state index contributed by atoms with van der Waals surface area (Å²) >= 11 is 7.24. The maximum Gasteiger partial charge on any atom is 0.238 e. The number of amides is 1. The summed E-state index contributed by atoms with van der Waals surface area (Å²) < 4.78 is 24.6. The zero-order chi connectivity index (χ0) is 21.9. The first-order valence-electron chi connectivity index (χ1n) is 8.98. The lowest BCUT2D eigenvalue weighted by Gasteiger charge is -2.13. The molecule has 30 heavy (non-hydrogen) atoms. The molecule has 1 unspecified atom stereocenters. The average molecular weight is 466 g/mol. The molecular weight excluding hydrogens is 446 g/mol. The first-order chi connectivity index (χ1) is 14.2. The molecular formula is C19H20ClN5O3S2. The van der Waals surface area contributed by atoms with E-state index in [-0.39, 0.29) is 10.8 Å². The summed E-state index contributed by atoms with van der Waals surface area (Å²) in [5.41, 5.74) is 1.35. The smallest absolute Gasteiger partial charge is 0.238 e. The van der Waals surface area contributed by atoms with Crippen LogP contribution in [0.1, 0.15) is 13.8 Å². The fourth-order valence-electron chi connectivity index (χ4n) is 2.66. The summed E-state index contributed by atoms with van der Waals surface area (Å²) in [6.07, 6.45) is 0. The predicted molar refractivity (Wildman–Crippen MR) is 118 cm³/mol. The largest absolute Gasteiger partial charge is 0.325 e. The van der Waals surface area contributed by atoms with E-state index in [0.29, 0.717) is 28.2 Å². The number of halogens is 1. The fraction of sp³-hybridized carbons (Fsp3) is 0.211. The van der Waals surface area contributed by atoms with Gasteiger partial charge in [-0.2, -0.15) is 0 Å². The summed E-state index contributed by atoms with van der Waals surface area (Å²) in [6, 6.07) is 13.0. The van der Waals surface area contributed by atoms with Gasteiger partial charge in [0.1, 0.15) is 0 Å². The third-order valence-corrected chi connectivity index (χ3v) is 6.50. The Labute approximate surface area is 183 Å². The van der Waals surface area contributed by atoms with Crippen molar-refractivity contribution in [3.05, 3.63) is 53.6 Å². The van der Waals surface area contributed by atoms with Gasteiger partial charge in [0.25, 0.3) is 0 Å². The number of hydrogen-bond donors (Lipinski definition) is 2. The van der Waals surface area contributed by atoms with Crippen molar-refractivity contribution in [2.24, 2.45) is 5.14 Å². The van der Waals surface area contributed by atoms with Crippen LogP contribution in [0.5, 0.6) is 0 Å². The van der Waals surface area contributed by atoms with E-state index in [1.165, 1.54) is 36.0 Å². The molecule has 11 heteroatoms. The molecule has 0 saturated heterocycles. The van der Waals surface area contributed by atoms with Gasteiger partial charge in [0.05, 0.1) is 10.1 Å². The Morgan fingerprint density at radius 3 is 2.37 bits per heavy atom. The minimum absolute atomic E-state index is 0.0197. The van der Waals surface area contributed by atoms with E-state index in [1.807, 2.05) is 23.6 Å². The van der Waals surface area contributed by atoms with Crippen molar-refractivity contribution >= 4 is 45.0 Å². The number of thioether (sulfide) groups is 1. The summed E-state index contributed by atoms with van der Waals surface area (Å²) in [5.74, 6) is 0.449. The second-order valence-corrected chi connectivity index (χ2v) is 9.68. The van der Waals surface area contributed by atoms with Gasteiger partial charge in [-0.25, -0.2) is 13.6 Å². The van der Waals surface area contributed by atoms with Gasteiger partial charge < -0.3 is 9.88 Å². The Morgan fingerprint density at radius 2 is 1.80 bits per heavy atom. The Bertz CT molecular complexity index is 1150. The minimum Gasteiger partial charge on any atom is -0.325 e. The molecule has 0 fully saturated rings. The number of carbonyl (C=O) groups is 1. The highest BCUT2D eigenvalue weighted by atomic mass is 35.5. The molecule has 3 N–H and O–H groups in total. The second-order valence-electron chi connectivity index (χ2n) is 6.38. The molecule has 3 rings (SSSR count). The van der Waals surface area contributed by atoms with E-state index in [1.54, 1.807) is 19.1 Å². The quantitative estimate of drug-likeness (QED) is 0.516. The average Bonchev–Trinajstić information content (AvgIpc) is 3.10. The molecule has 1 aromatic heterocycles.